The Balaban J connectivity index is 1.23. The third-order valence-electron chi connectivity index (χ3n) is 5.79. The first kappa shape index (κ1) is 21.5. The maximum atomic E-state index is 12.6. The number of ether oxygens (including phenoxy) is 1. The number of thioether (sulfide) groups is 1. The van der Waals surface area contributed by atoms with E-state index in [-0.39, 0.29) is 11.8 Å². The van der Waals surface area contributed by atoms with Gasteiger partial charge in [0.05, 0.1) is 23.5 Å². The molecule has 7 nitrogen and oxygen atoms in total. The molecule has 1 aromatic carbocycles. The highest BCUT2D eigenvalue weighted by Crippen LogP contribution is 2.22. The van der Waals surface area contributed by atoms with E-state index in [9.17, 15) is 9.59 Å². The lowest BCUT2D eigenvalue weighted by atomic mass is 10.2. The van der Waals surface area contributed by atoms with Crippen molar-refractivity contribution in [3.05, 3.63) is 48.2 Å². The molecule has 0 radical (unpaired) electrons. The number of anilines is 1. The normalized spacial score (nSPS) is 16.5. The molecule has 8 heteroatoms. The maximum absolute atomic E-state index is 12.6. The zero-order valence-electron chi connectivity index (χ0n) is 17.8. The van der Waals surface area contributed by atoms with Crippen molar-refractivity contribution in [3.8, 4) is 5.75 Å². The summed E-state index contributed by atoms with van der Waals surface area (Å²) in [4.78, 5) is 35.5. The van der Waals surface area contributed by atoms with Crippen LogP contribution in [0.1, 0.15) is 23.2 Å². The van der Waals surface area contributed by atoms with Crippen LogP contribution in [0.4, 0.5) is 5.69 Å². The summed E-state index contributed by atoms with van der Waals surface area (Å²) in [5.74, 6) is 1.37. The van der Waals surface area contributed by atoms with Gasteiger partial charge >= 0.3 is 0 Å². The fourth-order valence-corrected chi connectivity index (χ4v) is 4.67. The monoisotopic (exact) mass is 440 g/mol. The lowest BCUT2D eigenvalue weighted by Gasteiger charge is -2.36. The van der Waals surface area contributed by atoms with Gasteiger partial charge in [0.2, 0.25) is 5.91 Å². The van der Waals surface area contributed by atoms with Crippen LogP contribution in [0.25, 0.3) is 0 Å². The molecule has 2 aliphatic rings. The predicted octanol–water partition coefficient (Wildman–Crippen LogP) is 2.77. The summed E-state index contributed by atoms with van der Waals surface area (Å²) in [6.07, 6.45) is 3.77. The molecule has 0 saturated carbocycles. The van der Waals surface area contributed by atoms with Crippen molar-refractivity contribution in [2.24, 2.45) is 0 Å². The third-order valence-corrected chi connectivity index (χ3v) is 6.72. The topological polar surface area (TPSA) is 66.0 Å². The average Bonchev–Trinajstić information content (AvgIpc) is 3.38. The Hall–Kier alpha value is -2.74. The molecule has 164 valence electrons. The van der Waals surface area contributed by atoms with E-state index in [2.05, 4.69) is 22.0 Å². The van der Waals surface area contributed by atoms with Gasteiger partial charge in [-0.2, -0.15) is 0 Å². The lowest BCUT2D eigenvalue weighted by molar-refractivity contribution is -0.128. The van der Waals surface area contributed by atoms with E-state index in [1.807, 2.05) is 34.1 Å². The minimum Gasteiger partial charge on any atom is -0.497 e. The molecule has 0 spiro atoms. The number of carbonyl (C=O) groups excluding carboxylic acids is 2. The van der Waals surface area contributed by atoms with Gasteiger partial charge in [0.1, 0.15) is 5.75 Å². The first-order valence-electron chi connectivity index (χ1n) is 10.7. The highest BCUT2D eigenvalue weighted by Gasteiger charge is 2.22. The molecule has 2 fully saturated rings. The Kier molecular flexibility index (Phi) is 6.96. The van der Waals surface area contributed by atoms with Crippen molar-refractivity contribution < 1.29 is 14.3 Å². The number of methoxy groups -OCH3 is 1. The Morgan fingerprint density at radius 3 is 2.26 bits per heavy atom. The fourth-order valence-electron chi connectivity index (χ4n) is 3.93. The Morgan fingerprint density at radius 1 is 0.935 bits per heavy atom. The fraction of sp³-hybridized carbons (Fsp3) is 0.435. The second-order valence-electron chi connectivity index (χ2n) is 7.74. The largest absolute Gasteiger partial charge is 0.497 e. The van der Waals surface area contributed by atoms with Crippen molar-refractivity contribution >= 4 is 29.3 Å². The second-order valence-corrected chi connectivity index (χ2v) is 8.73. The number of nitrogens with zero attached hydrogens (tertiary/aromatic N) is 4. The van der Waals surface area contributed by atoms with Crippen LogP contribution in [0.15, 0.2) is 47.6 Å². The van der Waals surface area contributed by atoms with E-state index in [0.29, 0.717) is 24.4 Å². The molecule has 4 rings (SSSR count). The van der Waals surface area contributed by atoms with Gasteiger partial charge in [0.15, 0.2) is 0 Å². The third kappa shape index (κ3) is 5.31. The molecule has 0 aliphatic carbocycles. The molecule has 31 heavy (non-hydrogen) atoms. The van der Waals surface area contributed by atoms with E-state index in [1.54, 1.807) is 13.3 Å². The zero-order valence-corrected chi connectivity index (χ0v) is 18.6. The predicted molar refractivity (Wildman–Crippen MR) is 122 cm³/mol. The molecular weight excluding hydrogens is 412 g/mol. The maximum Gasteiger partial charge on any atom is 0.255 e. The molecule has 0 bridgehead atoms. The standard InChI is InChI=1S/C23H28N4O3S/c1-30-20-7-5-19(6-8-20)25-12-14-26(15-13-25)22(28)17-31-21-9-4-18(16-24-21)23(29)27-10-2-3-11-27/h4-9,16H,2-3,10-15,17H2,1H3. The summed E-state index contributed by atoms with van der Waals surface area (Å²) in [6.45, 7) is 4.71. The number of hydrogen-bond donors (Lipinski definition) is 0. The molecule has 0 N–H and O–H groups in total. The molecular formula is C23H28N4O3S. The molecule has 2 amide bonds. The summed E-state index contributed by atoms with van der Waals surface area (Å²) >= 11 is 1.42. The average molecular weight is 441 g/mol. The van der Waals surface area contributed by atoms with Gasteiger partial charge in [-0.15, -0.1) is 0 Å². The number of piperazine rings is 1. The van der Waals surface area contributed by atoms with Gasteiger partial charge in [-0.1, -0.05) is 11.8 Å². The summed E-state index contributed by atoms with van der Waals surface area (Å²) in [6, 6.07) is 11.7. The Bertz CT molecular complexity index is 890. The quantitative estimate of drug-likeness (QED) is 0.644. The molecule has 2 aromatic rings. The van der Waals surface area contributed by atoms with Gasteiger partial charge < -0.3 is 19.4 Å². The minimum absolute atomic E-state index is 0.0485. The number of rotatable bonds is 6. The van der Waals surface area contributed by atoms with Crippen molar-refractivity contribution in [3.63, 3.8) is 0 Å². The van der Waals surface area contributed by atoms with E-state index < -0.39 is 0 Å². The van der Waals surface area contributed by atoms with Crippen LogP contribution in [0.2, 0.25) is 0 Å². The SMILES string of the molecule is COc1ccc(N2CCN(C(=O)CSc3ccc(C(=O)N4CCCC4)cn3)CC2)cc1. The Labute approximate surface area is 187 Å². The van der Waals surface area contributed by atoms with Gasteiger partial charge in [0.25, 0.3) is 5.91 Å². The van der Waals surface area contributed by atoms with Crippen molar-refractivity contribution in [1.29, 1.82) is 0 Å². The number of pyridine rings is 1. The van der Waals surface area contributed by atoms with E-state index in [0.717, 1.165) is 55.5 Å². The van der Waals surface area contributed by atoms with Crippen LogP contribution in [0.3, 0.4) is 0 Å². The number of benzene rings is 1. The lowest BCUT2D eigenvalue weighted by Crippen LogP contribution is -2.49. The van der Waals surface area contributed by atoms with Gasteiger partial charge in [-0.25, -0.2) is 4.98 Å². The first-order valence-corrected chi connectivity index (χ1v) is 11.7. The van der Waals surface area contributed by atoms with Crippen LogP contribution in [0, 0.1) is 0 Å². The second kappa shape index (κ2) is 10.0. The summed E-state index contributed by atoms with van der Waals surface area (Å²) in [5, 5.41) is 0.767. The smallest absolute Gasteiger partial charge is 0.255 e. The van der Waals surface area contributed by atoms with Crippen molar-refractivity contribution in [2.45, 2.75) is 17.9 Å². The molecule has 0 unspecified atom stereocenters. The molecule has 2 aliphatic heterocycles. The minimum atomic E-state index is 0.0485. The number of hydrogen-bond acceptors (Lipinski definition) is 6. The highest BCUT2D eigenvalue weighted by atomic mass is 32.2. The number of amides is 2. The number of aromatic nitrogens is 1. The van der Waals surface area contributed by atoms with Crippen molar-refractivity contribution in [1.82, 2.24) is 14.8 Å². The first-order chi connectivity index (χ1) is 15.1. The molecule has 2 saturated heterocycles. The van der Waals surface area contributed by atoms with Crippen LogP contribution >= 0.6 is 11.8 Å². The molecule has 3 heterocycles. The highest BCUT2D eigenvalue weighted by molar-refractivity contribution is 7.99. The zero-order chi connectivity index (χ0) is 21.6. The summed E-state index contributed by atoms with van der Waals surface area (Å²) in [5.41, 5.74) is 1.77. The van der Waals surface area contributed by atoms with E-state index in [4.69, 9.17) is 4.74 Å². The van der Waals surface area contributed by atoms with Crippen LogP contribution < -0.4 is 9.64 Å². The summed E-state index contributed by atoms with van der Waals surface area (Å²) in [7, 11) is 1.66. The molecule has 1 aromatic heterocycles. The molecule has 0 atom stereocenters. The van der Waals surface area contributed by atoms with Gasteiger partial charge in [0, 0.05) is 51.2 Å². The summed E-state index contributed by atoms with van der Waals surface area (Å²) < 4.78 is 5.21. The number of carbonyl (C=O) groups is 2. The van der Waals surface area contributed by atoms with Crippen LogP contribution in [0.5, 0.6) is 5.75 Å². The van der Waals surface area contributed by atoms with Crippen LogP contribution in [-0.2, 0) is 4.79 Å². The van der Waals surface area contributed by atoms with Gasteiger partial charge in [-0.05, 0) is 49.2 Å². The Morgan fingerprint density at radius 2 is 1.65 bits per heavy atom. The van der Waals surface area contributed by atoms with Gasteiger partial charge in [-0.3, -0.25) is 9.59 Å². The van der Waals surface area contributed by atoms with E-state index >= 15 is 0 Å². The van der Waals surface area contributed by atoms with E-state index in [1.165, 1.54) is 11.8 Å². The van der Waals surface area contributed by atoms with Crippen LogP contribution in [-0.4, -0.2) is 78.7 Å². The van der Waals surface area contributed by atoms with Crippen molar-refractivity contribution in [2.75, 3.05) is 57.0 Å². The number of likely N-dealkylation sites (tertiary alicyclic amines) is 1.